The molecule has 3 rings (SSSR count). The topological polar surface area (TPSA) is 88.3 Å². The van der Waals surface area contributed by atoms with Crippen molar-refractivity contribution in [2.24, 2.45) is 0 Å². The van der Waals surface area contributed by atoms with Gasteiger partial charge in [0.1, 0.15) is 0 Å². The molecule has 2 aromatic rings. The Balaban J connectivity index is 1.70. The third-order valence-electron chi connectivity index (χ3n) is 4.21. The summed E-state index contributed by atoms with van der Waals surface area (Å²) in [7, 11) is -3.43. The molecule has 1 N–H and O–H groups in total. The average Bonchev–Trinajstić information content (AvgIpc) is 3.10. The van der Waals surface area contributed by atoms with E-state index in [-0.39, 0.29) is 5.92 Å². The van der Waals surface area contributed by atoms with E-state index in [2.05, 4.69) is 15.5 Å². The van der Waals surface area contributed by atoms with Gasteiger partial charge in [-0.1, -0.05) is 26.3 Å². The fourth-order valence-corrected chi connectivity index (χ4v) is 4.33. The number of sulfonamides is 1. The minimum atomic E-state index is -3.43. The van der Waals surface area contributed by atoms with E-state index in [0.717, 1.165) is 19.3 Å². The molecule has 25 heavy (non-hydrogen) atoms. The maximum atomic E-state index is 12.7. The summed E-state index contributed by atoms with van der Waals surface area (Å²) < 4.78 is 32.6. The molecule has 0 atom stereocenters. The Morgan fingerprint density at radius 1 is 1.20 bits per heavy atom. The summed E-state index contributed by atoms with van der Waals surface area (Å²) in [6.45, 7) is 5.52. The largest absolute Gasteiger partial charge is 0.423 e. The summed E-state index contributed by atoms with van der Waals surface area (Å²) in [6.07, 6.45) is 2.94. The molecule has 0 unspecified atom stereocenters. The molecule has 0 saturated carbocycles. The number of nitrogens with zero attached hydrogens (tertiary/aromatic N) is 3. The zero-order valence-electron chi connectivity index (χ0n) is 14.6. The standard InChI is InChI=1S/C17H24N4O3S/c1-13(2)17-20-19-16(24-17)12-18-14-7-6-8-15(11-14)25(22,23)21-9-4-3-5-10-21/h6-8,11,13,18H,3-5,9-10,12H2,1-2H3. The van der Waals surface area contributed by atoms with Crippen molar-refractivity contribution in [2.75, 3.05) is 18.4 Å². The monoisotopic (exact) mass is 364 g/mol. The molecule has 2 heterocycles. The highest BCUT2D eigenvalue weighted by Gasteiger charge is 2.25. The summed E-state index contributed by atoms with van der Waals surface area (Å²) in [5.74, 6) is 1.26. The average molecular weight is 364 g/mol. The molecule has 0 bridgehead atoms. The van der Waals surface area contributed by atoms with Gasteiger partial charge in [-0.05, 0) is 31.0 Å². The van der Waals surface area contributed by atoms with Crippen LogP contribution in [0.1, 0.15) is 50.8 Å². The van der Waals surface area contributed by atoms with E-state index in [1.807, 2.05) is 19.9 Å². The third kappa shape index (κ3) is 4.19. The van der Waals surface area contributed by atoms with E-state index in [4.69, 9.17) is 4.42 Å². The van der Waals surface area contributed by atoms with Gasteiger partial charge >= 0.3 is 0 Å². The molecule has 1 aromatic carbocycles. The summed E-state index contributed by atoms with van der Waals surface area (Å²) in [4.78, 5) is 0.313. The van der Waals surface area contributed by atoms with Gasteiger partial charge in [0.05, 0.1) is 11.4 Å². The van der Waals surface area contributed by atoms with Gasteiger partial charge < -0.3 is 9.73 Å². The van der Waals surface area contributed by atoms with Crippen molar-refractivity contribution >= 4 is 15.7 Å². The van der Waals surface area contributed by atoms with Gasteiger partial charge in [-0.2, -0.15) is 4.31 Å². The summed E-state index contributed by atoms with van der Waals surface area (Å²) in [5, 5.41) is 11.1. The van der Waals surface area contributed by atoms with Crippen LogP contribution in [-0.2, 0) is 16.6 Å². The van der Waals surface area contributed by atoms with Gasteiger partial charge in [-0.3, -0.25) is 0 Å². The van der Waals surface area contributed by atoms with Gasteiger partial charge in [0, 0.05) is 24.7 Å². The van der Waals surface area contributed by atoms with Crippen LogP contribution in [0.2, 0.25) is 0 Å². The molecule has 0 amide bonds. The lowest BCUT2D eigenvalue weighted by molar-refractivity contribution is 0.346. The van der Waals surface area contributed by atoms with Gasteiger partial charge in [0.15, 0.2) is 0 Å². The molecular formula is C17H24N4O3S. The van der Waals surface area contributed by atoms with Crippen molar-refractivity contribution < 1.29 is 12.8 Å². The van der Waals surface area contributed by atoms with E-state index in [1.165, 1.54) is 0 Å². The van der Waals surface area contributed by atoms with Crippen LogP contribution in [-0.4, -0.2) is 36.0 Å². The fraction of sp³-hybridized carbons (Fsp3) is 0.529. The minimum absolute atomic E-state index is 0.180. The Hall–Kier alpha value is -1.93. The summed E-state index contributed by atoms with van der Waals surface area (Å²) in [5.41, 5.74) is 0.711. The second kappa shape index (κ2) is 7.53. The first-order valence-electron chi connectivity index (χ1n) is 8.63. The molecule has 1 aliphatic rings. The number of benzene rings is 1. The second-order valence-electron chi connectivity index (χ2n) is 6.53. The highest BCUT2D eigenvalue weighted by atomic mass is 32.2. The number of aromatic nitrogens is 2. The molecule has 0 radical (unpaired) electrons. The van der Waals surface area contributed by atoms with Gasteiger partial charge in [-0.15, -0.1) is 10.2 Å². The number of anilines is 1. The first kappa shape index (κ1) is 17.9. The molecular weight excluding hydrogens is 340 g/mol. The molecule has 7 nitrogen and oxygen atoms in total. The Morgan fingerprint density at radius 3 is 2.64 bits per heavy atom. The number of rotatable bonds is 6. The van der Waals surface area contributed by atoms with E-state index < -0.39 is 10.0 Å². The maximum Gasteiger partial charge on any atom is 0.243 e. The van der Waals surface area contributed by atoms with Gasteiger partial charge in [0.25, 0.3) is 0 Å². The van der Waals surface area contributed by atoms with Gasteiger partial charge in [0.2, 0.25) is 21.8 Å². The van der Waals surface area contributed by atoms with Crippen molar-refractivity contribution in [3.05, 3.63) is 36.0 Å². The molecule has 1 aliphatic heterocycles. The van der Waals surface area contributed by atoms with E-state index in [1.54, 1.807) is 22.5 Å². The Bertz CT molecular complexity index is 811. The quantitative estimate of drug-likeness (QED) is 0.848. The highest BCUT2D eigenvalue weighted by molar-refractivity contribution is 7.89. The molecule has 8 heteroatoms. The molecule has 1 aromatic heterocycles. The number of hydrogen-bond donors (Lipinski definition) is 1. The van der Waals surface area contributed by atoms with Crippen LogP contribution >= 0.6 is 0 Å². The van der Waals surface area contributed by atoms with Crippen molar-refractivity contribution in [1.29, 1.82) is 0 Å². The van der Waals surface area contributed by atoms with Crippen LogP contribution in [0.5, 0.6) is 0 Å². The van der Waals surface area contributed by atoms with E-state index in [9.17, 15) is 8.42 Å². The van der Waals surface area contributed by atoms with E-state index >= 15 is 0 Å². The normalized spacial score (nSPS) is 16.3. The molecule has 0 aliphatic carbocycles. The van der Waals surface area contributed by atoms with Crippen LogP contribution in [0.25, 0.3) is 0 Å². The number of nitrogens with one attached hydrogen (secondary N) is 1. The van der Waals surface area contributed by atoms with Crippen molar-refractivity contribution in [2.45, 2.75) is 50.5 Å². The maximum absolute atomic E-state index is 12.7. The number of piperidine rings is 1. The summed E-state index contributed by atoms with van der Waals surface area (Å²) in [6, 6.07) is 6.86. The van der Waals surface area contributed by atoms with Gasteiger partial charge in [-0.25, -0.2) is 8.42 Å². The second-order valence-corrected chi connectivity index (χ2v) is 8.47. The lowest BCUT2D eigenvalue weighted by Gasteiger charge is -2.26. The highest BCUT2D eigenvalue weighted by Crippen LogP contribution is 2.23. The molecule has 136 valence electrons. The first-order chi connectivity index (χ1) is 12.0. The van der Waals surface area contributed by atoms with E-state index in [0.29, 0.717) is 42.0 Å². The predicted molar refractivity (Wildman–Crippen MR) is 94.8 cm³/mol. The van der Waals surface area contributed by atoms with Crippen LogP contribution in [0.3, 0.4) is 0 Å². The molecule has 1 saturated heterocycles. The number of hydrogen-bond acceptors (Lipinski definition) is 6. The van der Waals surface area contributed by atoms with Crippen molar-refractivity contribution in [1.82, 2.24) is 14.5 Å². The lowest BCUT2D eigenvalue weighted by atomic mass is 10.2. The van der Waals surface area contributed by atoms with Crippen molar-refractivity contribution in [3.8, 4) is 0 Å². The zero-order valence-corrected chi connectivity index (χ0v) is 15.4. The lowest BCUT2D eigenvalue weighted by Crippen LogP contribution is -2.35. The smallest absolute Gasteiger partial charge is 0.243 e. The van der Waals surface area contributed by atoms with Crippen LogP contribution in [0.4, 0.5) is 5.69 Å². The SMILES string of the molecule is CC(C)c1nnc(CNc2cccc(S(=O)(=O)N3CCCCC3)c2)o1. The minimum Gasteiger partial charge on any atom is -0.423 e. The molecule has 0 spiro atoms. The Kier molecular flexibility index (Phi) is 5.39. The summed E-state index contributed by atoms with van der Waals surface area (Å²) >= 11 is 0. The van der Waals surface area contributed by atoms with Crippen LogP contribution in [0, 0.1) is 0 Å². The first-order valence-corrected chi connectivity index (χ1v) is 10.1. The third-order valence-corrected chi connectivity index (χ3v) is 6.10. The Morgan fingerprint density at radius 2 is 1.96 bits per heavy atom. The Labute approximate surface area is 148 Å². The molecule has 1 fully saturated rings. The fourth-order valence-electron chi connectivity index (χ4n) is 2.77. The zero-order chi connectivity index (χ0) is 17.9. The predicted octanol–water partition coefficient (Wildman–Crippen LogP) is 2.98. The van der Waals surface area contributed by atoms with Crippen LogP contribution in [0.15, 0.2) is 33.6 Å². The van der Waals surface area contributed by atoms with Crippen molar-refractivity contribution in [3.63, 3.8) is 0 Å². The van der Waals surface area contributed by atoms with Crippen LogP contribution < -0.4 is 5.32 Å².